The van der Waals surface area contributed by atoms with Crippen LogP contribution in [0.3, 0.4) is 0 Å². The van der Waals surface area contributed by atoms with Gasteiger partial charge in [-0.15, -0.1) is 0 Å². The number of hydrogen-bond acceptors (Lipinski definition) is 3. The Bertz CT molecular complexity index is 149. The first-order chi connectivity index (χ1) is 5.22. The zero-order valence-corrected chi connectivity index (χ0v) is 7.17. The molecule has 0 aliphatic carbocycles. The van der Waals surface area contributed by atoms with Crippen LogP contribution in [-0.2, 0) is 9.53 Å². The summed E-state index contributed by atoms with van der Waals surface area (Å²) in [6.45, 7) is 1.91. The Hall–Kier alpha value is -0.410. The molecule has 1 aliphatic heterocycles. The summed E-state index contributed by atoms with van der Waals surface area (Å²) in [5, 5.41) is 0. The number of likely N-dealkylation sites (tertiary alicyclic amines) is 1. The SMILES string of the molecule is COC1(CC=O)CCN(C)C1. The molecule has 3 heteroatoms. The minimum atomic E-state index is -0.184. The average Bonchev–Trinajstić information content (AvgIpc) is 2.34. The highest BCUT2D eigenvalue weighted by Crippen LogP contribution is 2.25. The van der Waals surface area contributed by atoms with Gasteiger partial charge in [-0.2, -0.15) is 0 Å². The number of rotatable bonds is 3. The molecule has 1 heterocycles. The summed E-state index contributed by atoms with van der Waals surface area (Å²) >= 11 is 0. The fourth-order valence-electron chi connectivity index (χ4n) is 1.61. The molecule has 0 bridgehead atoms. The first kappa shape index (κ1) is 8.68. The molecule has 1 rings (SSSR count). The van der Waals surface area contributed by atoms with E-state index in [1.165, 1.54) is 0 Å². The van der Waals surface area contributed by atoms with Gasteiger partial charge in [-0.1, -0.05) is 0 Å². The molecule has 0 saturated carbocycles. The smallest absolute Gasteiger partial charge is 0.122 e. The van der Waals surface area contributed by atoms with E-state index in [0.717, 1.165) is 25.8 Å². The molecule has 1 fully saturated rings. The number of ether oxygens (including phenoxy) is 1. The lowest BCUT2D eigenvalue weighted by Crippen LogP contribution is -2.34. The average molecular weight is 157 g/mol. The van der Waals surface area contributed by atoms with Crippen molar-refractivity contribution in [3.63, 3.8) is 0 Å². The van der Waals surface area contributed by atoms with Crippen molar-refractivity contribution < 1.29 is 9.53 Å². The maximum absolute atomic E-state index is 10.3. The van der Waals surface area contributed by atoms with Gasteiger partial charge in [0.05, 0.1) is 5.60 Å². The second-order valence-electron chi connectivity index (χ2n) is 3.25. The van der Waals surface area contributed by atoms with Crippen LogP contribution in [0.1, 0.15) is 12.8 Å². The summed E-state index contributed by atoms with van der Waals surface area (Å²) < 4.78 is 5.34. The molecule has 1 aliphatic rings. The van der Waals surface area contributed by atoms with E-state index >= 15 is 0 Å². The molecule has 1 saturated heterocycles. The third-order valence-corrected chi connectivity index (χ3v) is 2.40. The van der Waals surface area contributed by atoms with Crippen LogP contribution in [0.5, 0.6) is 0 Å². The Morgan fingerprint density at radius 3 is 2.82 bits per heavy atom. The van der Waals surface area contributed by atoms with Crippen molar-refractivity contribution in [1.82, 2.24) is 4.90 Å². The molecular weight excluding hydrogens is 142 g/mol. The summed E-state index contributed by atoms with van der Waals surface area (Å²) in [5.74, 6) is 0. The van der Waals surface area contributed by atoms with E-state index in [9.17, 15) is 4.79 Å². The predicted octanol–water partition coefficient (Wildman–Crippen LogP) is 0.296. The molecule has 11 heavy (non-hydrogen) atoms. The van der Waals surface area contributed by atoms with Crippen molar-refractivity contribution in [3.8, 4) is 0 Å². The van der Waals surface area contributed by atoms with Gasteiger partial charge in [0.25, 0.3) is 0 Å². The van der Waals surface area contributed by atoms with Crippen molar-refractivity contribution >= 4 is 6.29 Å². The first-order valence-electron chi connectivity index (χ1n) is 3.90. The molecule has 0 radical (unpaired) electrons. The largest absolute Gasteiger partial charge is 0.376 e. The Balaban J connectivity index is 2.54. The fraction of sp³-hybridized carbons (Fsp3) is 0.875. The third-order valence-electron chi connectivity index (χ3n) is 2.40. The van der Waals surface area contributed by atoms with Gasteiger partial charge in [0.2, 0.25) is 0 Å². The van der Waals surface area contributed by atoms with E-state index in [2.05, 4.69) is 4.90 Å². The molecule has 1 atom stereocenters. The monoisotopic (exact) mass is 157 g/mol. The quantitative estimate of drug-likeness (QED) is 0.552. The molecule has 0 N–H and O–H groups in total. The summed E-state index contributed by atoms with van der Waals surface area (Å²) in [7, 11) is 3.73. The predicted molar refractivity (Wildman–Crippen MR) is 42.5 cm³/mol. The van der Waals surface area contributed by atoms with Crippen LogP contribution in [0.2, 0.25) is 0 Å². The van der Waals surface area contributed by atoms with Crippen LogP contribution in [0.25, 0.3) is 0 Å². The molecule has 0 aromatic rings. The number of likely N-dealkylation sites (N-methyl/N-ethyl adjacent to an activating group) is 1. The van der Waals surface area contributed by atoms with E-state index in [0.29, 0.717) is 6.42 Å². The van der Waals surface area contributed by atoms with Gasteiger partial charge in [0.1, 0.15) is 6.29 Å². The van der Waals surface area contributed by atoms with Crippen molar-refractivity contribution in [1.29, 1.82) is 0 Å². The van der Waals surface area contributed by atoms with Crippen LogP contribution in [0.15, 0.2) is 0 Å². The number of carbonyl (C=O) groups excluding carboxylic acids is 1. The fourth-order valence-corrected chi connectivity index (χ4v) is 1.61. The summed E-state index contributed by atoms with van der Waals surface area (Å²) in [6.07, 6.45) is 2.44. The second kappa shape index (κ2) is 3.32. The lowest BCUT2D eigenvalue weighted by atomic mass is 10.00. The molecule has 0 aromatic heterocycles. The Kier molecular flexibility index (Phi) is 2.62. The van der Waals surface area contributed by atoms with Crippen LogP contribution < -0.4 is 0 Å². The Morgan fingerprint density at radius 1 is 1.73 bits per heavy atom. The van der Waals surface area contributed by atoms with E-state index in [1.807, 2.05) is 7.05 Å². The van der Waals surface area contributed by atoms with Gasteiger partial charge in [-0.3, -0.25) is 0 Å². The normalized spacial score (nSPS) is 32.5. The number of aldehydes is 1. The summed E-state index contributed by atoms with van der Waals surface area (Å²) in [6, 6.07) is 0. The summed E-state index contributed by atoms with van der Waals surface area (Å²) in [5.41, 5.74) is -0.184. The zero-order chi connectivity index (χ0) is 8.32. The third kappa shape index (κ3) is 1.79. The molecule has 0 spiro atoms. The topological polar surface area (TPSA) is 29.5 Å². The lowest BCUT2D eigenvalue weighted by molar-refractivity contribution is -0.113. The van der Waals surface area contributed by atoms with E-state index in [4.69, 9.17) is 4.74 Å². The Labute approximate surface area is 67.3 Å². The molecular formula is C8H15NO2. The van der Waals surface area contributed by atoms with Crippen molar-refractivity contribution in [2.75, 3.05) is 27.2 Å². The maximum atomic E-state index is 10.3. The number of nitrogens with zero attached hydrogens (tertiary/aromatic N) is 1. The van der Waals surface area contributed by atoms with Crippen LogP contribution in [0.4, 0.5) is 0 Å². The number of hydrogen-bond donors (Lipinski definition) is 0. The molecule has 64 valence electrons. The second-order valence-corrected chi connectivity index (χ2v) is 3.25. The molecule has 0 aromatic carbocycles. The Morgan fingerprint density at radius 2 is 2.45 bits per heavy atom. The van der Waals surface area contributed by atoms with Crippen LogP contribution in [-0.4, -0.2) is 44.0 Å². The minimum absolute atomic E-state index is 0.184. The molecule has 3 nitrogen and oxygen atoms in total. The van der Waals surface area contributed by atoms with Crippen molar-refractivity contribution in [3.05, 3.63) is 0 Å². The first-order valence-corrected chi connectivity index (χ1v) is 3.90. The zero-order valence-electron chi connectivity index (χ0n) is 7.17. The van der Waals surface area contributed by atoms with Crippen LogP contribution in [0, 0.1) is 0 Å². The van der Waals surface area contributed by atoms with Crippen molar-refractivity contribution in [2.24, 2.45) is 0 Å². The number of methoxy groups -OCH3 is 1. The van der Waals surface area contributed by atoms with Gasteiger partial charge in [-0.05, 0) is 13.5 Å². The van der Waals surface area contributed by atoms with E-state index in [1.54, 1.807) is 7.11 Å². The van der Waals surface area contributed by atoms with Gasteiger partial charge in [-0.25, -0.2) is 0 Å². The lowest BCUT2D eigenvalue weighted by Gasteiger charge is -2.24. The highest BCUT2D eigenvalue weighted by atomic mass is 16.5. The van der Waals surface area contributed by atoms with Gasteiger partial charge in [0, 0.05) is 26.6 Å². The minimum Gasteiger partial charge on any atom is -0.376 e. The standard InChI is InChI=1S/C8H15NO2/c1-9-5-3-8(7-9,11-2)4-6-10/h6H,3-5,7H2,1-2H3. The van der Waals surface area contributed by atoms with Gasteiger partial charge < -0.3 is 14.4 Å². The summed E-state index contributed by atoms with van der Waals surface area (Å²) in [4.78, 5) is 12.5. The van der Waals surface area contributed by atoms with E-state index in [-0.39, 0.29) is 5.60 Å². The van der Waals surface area contributed by atoms with E-state index < -0.39 is 0 Å². The highest BCUT2D eigenvalue weighted by molar-refractivity contribution is 5.51. The molecule has 1 unspecified atom stereocenters. The highest BCUT2D eigenvalue weighted by Gasteiger charge is 2.36. The van der Waals surface area contributed by atoms with Crippen molar-refractivity contribution in [2.45, 2.75) is 18.4 Å². The maximum Gasteiger partial charge on any atom is 0.122 e. The van der Waals surface area contributed by atoms with Gasteiger partial charge in [0.15, 0.2) is 0 Å². The van der Waals surface area contributed by atoms with Gasteiger partial charge >= 0.3 is 0 Å². The number of carbonyl (C=O) groups is 1. The van der Waals surface area contributed by atoms with Crippen LogP contribution >= 0.6 is 0 Å². The molecule has 0 amide bonds.